The first-order chi connectivity index (χ1) is 6.73. The second-order valence-corrected chi connectivity index (χ2v) is 5.69. The van der Waals surface area contributed by atoms with E-state index in [2.05, 4.69) is 44.8 Å². The van der Waals surface area contributed by atoms with Gasteiger partial charge < -0.3 is 5.32 Å². The first kappa shape index (κ1) is 12.5. The number of piperazine rings is 1. The molecule has 1 amide bonds. The Kier molecular flexibility index (Phi) is 3.15. The first-order valence-electron chi connectivity index (χ1n) is 5.82. The minimum atomic E-state index is -0.344. The average molecular weight is 212 g/mol. The minimum Gasteiger partial charge on any atom is -0.348 e. The van der Waals surface area contributed by atoms with Crippen molar-refractivity contribution in [3.05, 3.63) is 0 Å². The number of hydrogen-bond acceptors (Lipinski definition) is 2. The number of rotatable bonds is 2. The molecule has 0 aliphatic carbocycles. The Balaban J connectivity index is 3.02. The van der Waals surface area contributed by atoms with Gasteiger partial charge >= 0.3 is 0 Å². The monoisotopic (exact) mass is 212 g/mol. The molecule has 0 aromatic rings. The summed E-state index contributed by atoms with van der Waals surface area (Å²) in [5.41, 5.74) is -0.459. The summed E-state index contributed by atoms with van der Waals surface area (Å²) in [6, 6.07) is 0.403. The fraction of sp³-hybridized carbons (Fsp3) is 0.917. The summed E-state index contributed by atoms with van der Waals surface area (Å²) < 4.78 is 0. The van der Waals surface area contributed by atoms with Crippen molar-refractivity contribution in [3.8, 4) is 0 Å². The number of carbonyl (C=O) groups is 1. The largest absolute Gasteiger partial charge is 0.348 e. The maximum absolute atomic E-state index is 12.1. The molecule has 0 aromatic heterocycles. The number of nitrogens with one attached hydrogen (secondary N) is 1. The van der Waals surface area contributed by atoms with Crippen molar-refractivity contribution in [2.45, 2.75) is 65.1 Å². The van der Waals surface area contributed by atoms with Gasteiger partial charge in [-0.3, -0.25) is 9.69 Å². The number of nitrogens with zero attached hydrogens (tertiary/aromatic N) is 1. The molecule has 1 aliphatic heterocycles. The summed E-state index contributed by atoms with van der Waals surface area (Å²) in [5.74, 6) is 0.162. The molecule has 88 valence electrons. The second kappa shape index (κ2) is 3.78. The van der Waals surface area contributed by atoms with E-state index in [9.17, 15) is 4.79 Å². The van der Waals surface area contributed by atoms with Gasteiger partial charge in [-0.25, -0.2) is 0 Å². The van der Waals surface area contributed by atoms with Gasteiger partial charge in [0.2, 0.25) is 5.91 Å². The molecule has 1 saturated heterocycles. The number of amides is 1. The molecule has 1 rings (SSSR count). The first-order valence-corrected chi connectivity index (χ1v) is 5.82. The smallest absolute Gasteiger partial charge is 0.240 e. The van der Waals surface area contributed by atoms with E-state index in [1.165, 1.54) is 0 Å². The third-order valence-electron chi connectivity index (χ3n) is 3.45. The van der Waals surface area contributed by atoms with Crippen molar-refractivity contribution < 1.29 is 4.79 Å². The Bertz CT molecular complexity index is 260. The van der Waals surface area contributed by atoms with Gasteiger partial charge in [0.25, 0.3) is 0 Å². The summed E-state index contributed by atoms with van der Waals surface area (Å²) in [4.78, 5) is 14.4. The Hall–Kier alpha value is -0.570. The third kappa shape index (κ3) is 2.17. The highest BCUT2D eigenvalue weighted by atomic mass is 16.2. The van der Waals surface area contributed by atoms with E-state index in [0.29, 0.717) is 6.04 Å². The fourth-order valence-corrected chi connectivity index (χ4v) is 2.33. The molecule has 3 nitrogen and oxygen atoms in total. The van der Waals surface area contributed by atoms with E-state index in [1.807, 2.05) is 6.92 Å². The highest BCUT2D eigenvalue weighted by Gasteiger charge is 2.46. The highest BCUT2D eigenvalue weighted by molar-refractivity contribution is 5.87. The fourth-order valence-electron chi connectivity index (χ4n) is 2.33. The van der Waals surface area contributed by atoms with Crippen LogP contribution in [0.15, 0.2) is 0 Å². The van der Waals surface area contributed by atoms with E-state index in [-0.39, 0.29) is 17.0 Å². The zero-order valence-electron chi connectivity index (χ0n) is 10.8. The van der Waals surface area contributed by atoms with Crippen LogP contribution in [0.2, 0.25) is 0 Å². The lowest BCUT2D eigenvalue weighted by atomic mass is 9.86. The molecule has 0 aromatic carbocycles. The molecule has 0 radical (unpaired) electrons. The van der Waals surface area contributed by atoms with Crippen molar-refractivity contribution in [3.63, 3.8) is 0 Å². The molecule has 1 N–H and O–H groups in total. The van der Waals surface area contributed by atoms with E-state index in [4.69, 9.17) is 0 Å². The van der Waals surface area contributed by atoms with Crippen LogP contribution in [0.3, 0.4) is 0 Å². The molecule has 1 fully saturated rings. The molecule has 1 atom stereocenters. The van der Waals surface area contributed by atoms with Crippen LogP contribution in [0.1, 0.15) is 48.0 Å². The normalized spacial score (nSPS) is 31.8. The molecule has 0 spiro atoms. The Labute approximate surface area is 93.2 Å². The SMILES string of the molecule is CCC1(C)C(=O)NC(C)(C)CN1C(C)C. The third-order valence-corrected chi connectivity index (χ3v) is 3.45. The van der Waals surface area contributed by atoms with Crippen LogP contribution >= 0.6 is 0 Å². The molecule has 0 saturated carbocycles. The lowest BCUT2D eigenvalue weighted by Crippen LogP contribution is -2.71. The van der Waals surface area contributed by atoms with Gasteiger partial charge in [0, 0.05) is 18.1 Å². The van der Waals surface area contributed by atoms with Crippen LogP contribution < -0.4 is 5.32 Å². The maximum atomic E-state index is 12.1. The molecular formula is C12H24N2O. The summed E-state index contributed by atoms with van der Waals surface area (Å²) in [6.07, 6.45) is 0.854. The van der Waals surface area contributed by atoms with E-state index < -0.39 is 0 Å². The lowest BCUT2D eigenvalue weighted by molar-refractivity contribution is -0.143. The molecule has 3 heteroatoms. The lowest BCUT2D eigenvalue weighted by Gasteiger charge is -2.51. The predicted octanol–water partition coefficient (Wildman–Crippen LogP) is 1.77. The van der Waals surface area contributed by atoms with Crippen LogP contribution in [0.5, 0.6) is 0 Å². The van der Waals surface area contributed by atoms with Crippen molar-refractivity contribution in [1.82, 2.24) is 10.2 Å². The van der Waals surface area contributed by atoms with Gasteiger partial charge in [0.15, 0.2) is 0 Å². The topological polar surface area (TPSA) is 32.3 Å². The molecule has 1 unspecified atom stereocenters. The van der Waals surface area contributed by atoms with Crippen LogP contribution in [-0.2, 0) is 4.79 Å². The number of carbonyl (C=O) groups excluding carboxylic acids is 1. The molecule has 15 heavy (non-hydrogen) atoms. The maximum Gasteiger partial charge on any atom is 0.240 e. The summed E-state index contributed by atoms with van der Waals surface area (Å²) in [7, 11) is 0. The molecule has 0 bridgehead atoms. The standard InChI is InChI=1S/C12H24N2O/c1-7-12(6)10(15)13-11(4,5)8-14(12)9(2)3/h9H,7-8H2,1-6H3,(H,13,15). The van der Waals surface area contributed by atoms with Crippen molar-refractivity contribution >= 4 is 5.91 Å². The average Bonchev–Trinajstić information content (AvgIpc) is 2.10. The number of hydrogen-bond donors (Lipinski definition) is 1. The van der Waals surface area contributed by atoms with Crippen molar-refractivity contribution in [1.29, 1.82) is 0 Å². The van der Waals surface area contributed by atoms with Crippen molar-refractivity contribution in [2.24, 2.45) is 0 Å². The summed E-state index contributed by atoms with van der Waals surface area (Å²) in [5, 5.41) is 3.10. The van der Waals surface area contributed by atoms with Crippen LogP contribution in [-0.4, -0.2) is 34.5 Å². The molecule has 1 heterocycles. The second-order valence-electron chi connectivity index (χ2n) is 5.69. The van der Waals surface area contributed by atoms with Gasteiger partial charge in [0.1, 0.15) is 0 Å². The highest BCUT2D eigenvalue weighted by Crippen LogP contribution is 2.29. The van der Waals surface area contributed by atoms with Gasteiger partial charge in [-0.1, -0.05) is 6.92 Å². The zero-order chi connectivity index (χ0) is 11.9. The molecular weight excluding hydrogens is 188 g/mol. The van der Waals surface area contributed by atoms with Gasteiger partial charge in [-0.05, 0) is 41.0 Å². The Morgan fingerprint density at radius 3 is 2.33 bits per heavy atom. The van der Waals surface area contributed by atoms with Crippen LogP contribution in [0, 0.1) is 0 Å². The van der Waals surface area contributed by atoms with Crippen LogP contribution in [0.4, 0.5) is 0 Å². The Morgan fingerprint density at radius 2 is 1.93 bits per heavy atom. The zero-order valence-corrected chi connectivity index (χ0v) is 10.8. The van der Waals surface area contributed by atoms with E-state index >= 15 is 0 Å². The Morgan fingerprint density at radius 1 is 1.40 bits per heavy atom. The van der Waals surface area contributed by atoms with E-state index in [0.717, 1.165) is 13.0 Å². The van der Waals surface area contributed by atoms with Crippen molar-refractivity contribution in [2.75, 3.05) is 6.54 Å². The molecule has 1 aliphatic rings. The van der Waals surface area contributed by atoms with E-state index in [1.54, 1.807) is 0 Å². The summed E-state index contributed by atoms with van der Waals surface area (Å²) in [6.45, 7) is 13.5. The van der Waals surface area contributed by atoms with Crippen LogP contribution in [0.25, 0.3) is 0 Å². The van der Waals surface area contributed by atoms with Gasteiger partial charge in [-0.15, -0.1) is 0 Å². The van der Waals surface area contributed by atoms with Gasteiger partial charge in [-0.2, -0.15) is 0 Å². The quantitative estimate of drug-likeness (QED) is 0.756. The summed E-state index contributed by atoms with van der Waals surface area (Å²) >= 11 is 0. The minimum absolute atomic E-state index is 0.115. The van der Waals surface area contributed by atoms with Gasteiger partial charge in [0.05, 0.1) is 5.54 Å². The predicted molar refractivity (Wildman–Crippen MR) is 62.8 cm³/mol.